The molecule has 1 fully saturated rings. The lowest BCUT2D eigenvalue weighted by Crippen LogP contribution is -2.74. The van der Waals surface area contributed by atoms with Crippen molar-refractivity contribution in [1.29, 1.82) is 0 Å². The van der Waals surface area contributed by atoms with E-state index in [1.165, 1.54) is 4.90 Å². The van der Waals surface area contributed by atoms with Crippen molar-refractivity contribution in [3.63, 3.8) is 0 Å². The zero-order valence-electron chi connectivity index (χ0n) is 8.38. The van der Waals surface area contributed by atoms with Gasteiger partial charge in [0, 0.05) is 0 Å². The van der Waals surface area contributed by atoms with Gasteiger partial charge in [0.15, 0.2) is 5.03 Å². The molecular formula is C7H16N4O3. The predicted octanol–water partition coefficient (Wildman–Crippen LogP) is -1.19. The first-order chi connectivity index (χ1) is 6.40. The Morgan fingerprint density at radius 1 is 1.71 bits per heavy atom. The molecule has 0 bridgehead atoms. The van der Waals surface area contributed by atoms with Gasteiger partial charge in [0.1, 0.15) is 6.10 Å². The molecule has 2 atom stereocenters. The third-order valence-electron chi connectivity index (χ3n) is 2.66. The molecule has 0 aliphatic carbocycles. The summed E-state index contributed by atoms with van der Waals surface area (Å²) in [6, 6.07) is 0. The zero-order valence-corrected chi connectivity index (χ0v) is 8.38. The van der Waals surface area contributed by atoms with Crippen LogP contribution in [0.2, 0.25) is 0 Å². The van der Waals surface area contributed by atoms with Crippen LogP contribution in [0, 0.1) is 10.1 Å². The Balaban J connectivity index is 2.97. The van der Waals surface area contributed by atoms with Crippen molar-refractivity contribution in [1.82, 2.24) is 9.91 Å². The molecule has 0 aromatic heterocycles. The summed E-state index contributed by atoms with van der Waals surface area (Å²) in [7, 11) is 3.23. The van der Waals surface area contributed by atoms with Gasteiger partial charge in [-0.1, -0.05) is 5.01 Å². The highest BCUT2D eigenvalue weighted by molar-refractivity contribution is 4.89. The Kier molecular flexibility index (Phi) is 2.93. The molecule has 1 rings (SSSR count). The number of hydrogen-bond acceptors (Lipinski definition) is 5. The third-order valence-corrected chi connectivity index (χ3v) is 2.66. The second-order valence-corrected chi connectivity index (χ2v) is 3.70. The van der Waals surface area contributed by atoms with E-state index < -0.39 is 16.9 Å². The van der Waals surface area contributed by atoms with Crippen LogP contribution in [0.4, 0.5) is 0 Å². The Morgan fingerprint density at radius 2 is 2.29 bits per heavy atom. The first-order valence-electron chi connectivity index (χ1n) is 4.47. The van der Waals surface area contributed by atoms with Crippen molar-refractivity contribution >= 4 is 0 Å². The summed E-state index contributed by atoms with van der Waals surface area (Å²) in [5.74, 6) is -1.40. The Morgan fingerprint density at radius 3 is 2.64 bits per heavy atom. The topological polar surface area (TPSA) is 95.9 Å². The number of piperidine rings is 1. The van der Waals surface area contributed by atoms with Crippen LogP contribution >= 0.6 is 0 Å². The Labute approximate surface area is 82.2 Å². The highest BCUT2D eigenvalue weighted by atomic mass is 16.7. The zero-order chi connectivity index (χ0) is 10.9. The molecule has 7 heteroatoms. The van der Waals surface area contributed by atoms with E-state index in [1.54, 1.807) is 14.1 Å². The van der Waals surface area contributed by atoms with Gasteiger partial charge in [-0.2, -0.15) is 0 Å². The van der Waals surface area contributed by atoms with E-state index in [9.17, 15) is 15.2 Å². The van der Waals surface area contributed by atoms with E-state index in [4.69, 9.17) is 5.73 Å². The molecule has 0 aromatic carbocycles. The molecule has 0 saturated carbocycles. The van der Waals surface area contributed by atoms with Crippen molar-refractivity contribution in [3.8, 4) is 0 Å². The monoisotopic (exact) mass is 204 g/mol. The molecule has 3 N–H and O–H groups in total. The minimum absolute atomic E-state index is 0.263. The maximum absolute atomic E-state index is 10.7. The minimum Gasteiger partial charge on any atom is -0.388 e. The summed E-state index contributed by atoms with van der Waals surface area (Å²) in [5, 5.41) is 20.8. The third kappa shape index (κ3) is 1.54. The van der Waals surface area contributed by atoms with Gasteiger partial charge in [0.2, 0.25) is 5.79 Å². The molecule has 1 aliphatic heterocycles. The molecule has 7 nitrogen and oxygen atoms in total. The van der Waals surface area contributed by atoms with Crippen LogP contribution in [0.25, 0.3) is 0 Å². The second-order valence-electron chi connectivity index (χ2n) is 3.70. The maximum Gasteiger partial charge on any atom is 0.229 e. The smallest absolute Gasteiger partial charge is 0.229 e. The summed E-state index contributed by atoms with van der Waals surface area (Å²) in [5.41, 5.74) is 5.85. The molecule has 0 aromatic rings. The van der Waals surface area contributed by atoms with E-state index in [1.807, 2.05) is 0 Å². The van der Waals surface area contributed by atoms with Crippen molar-refractivity contribution < 1.29 is 10.1 Å². The van der Waals surface area contributed by atoms with Gasteiger partial charge in [-0.15, -0.1) is 0 Å². The predicted molar refractivity (Wildman–Crippen MR) is 49.5 cm³/mol. The van der Waals surface area contributed by atoms with Gasteiger partial charge in [-0.3, -0.25) is 10.6 Å². The molecule has 2 unspecified atom stereocenters. The van der Waals surface area contributed by atoms with Crippen LogP contribution in [-0.2, 0) is 0 Å². The molecule has 14 heavy (non-hydrogen) atoms. The number of nitro groups is 1. The van der Waals surface area contributed by atoms with E-state index in [0.29, 0.717) is 12.8 Å². The van der Waals surface area contributed by atoms with Crippen LogP contribution in [-0.4, -0.2) is 52.6 Å². The van der Waals surface area contributed by atoms with Gasteiger partial charge >= 0.3 is 0 Å². The first-order valence-corrected chi connectivity index (χ1v) is 4.47. The molecular weight excluding hydrogens is 188 g/mol. The van der Waals surface area contributed by atoms with E-state index in [0.717, 1.165) is 5.01 Å². The number of likely N-dealkylation sites (N-methyl/N-ethyl adjacent to an activating group) is 1. The van der Waals surface area contributed by atoms with Crippen LogP contribution in [0.3, 0.4) is 0 Å². The van der Waals surface area contributed by atoms with Gasteiger partial charge < -0.3 is 5.11 Å². The first kappa shape index (κ1) is 11.2. The number of aliphatic hydroxyl groups excluding tert-OH is 1. The average molecular weight is 204 g/mol. The lowest BCUT2D eigenvalue weighted by Gasteiger charge is -2.45. The highest BCUT2D eigenvalue weighted by Crippen LogP contribution is 2.25. The fraction of sp³-hybridized carbons (Fsp3) is 1.00. The Bertz CT molecular complexity index is 235. The standard InChI is InChI=1S/C7H16N4O3/c1-9(2)7(8)6(12)4-3-5-10(7)11(13)14/h6,12H,3-5,8H2,1-2H3. The van der Waals surface area contributed by atoms with Gasteiger partial charge in [0.25, 0.3) is 0 Å². The number of nitrogens with zero attached hydrogens (tertiary/aromatic N) is 3. The quantitative estimate of drug-likeness (QED) is 0.333. The van der Waals surface area contributed by atoms with Crippen LogP contribution in [0.1, 0.15) is 12.8 Å². The molecule has 1 saturated heterocycles. The number of nitrogens with two attached hydrogens (primary N) is 1. The van der Waals surface area contributed by atoms with Gasteiger partial charge in [-0.05, 0) is 26.9 Å². The van der Waals surface area contributed by atoms with Crippen molar-refractivity contribution in [2.75, 3.05) is 20.6 Å². The molecule has 1 aliphatic rings. The van der Waals surface area contributed by atoms with Crippen molar-refractivity contribution in [2.45, 2.75) is 24.7 Å². The molecule has 82 valence electrons. The minimum atomic E-state index is -1.40. The summed E-state index contributed by atoms with van der Waals surface area (Å²) in [4.78, 5) is 12.2. The molecule has 0 spiro atoms. The maximum atomic E-state index is 10.7. The van der Waals surface area contributed by atoms with Crippen molar-refractivity contribution in [3.05, 3.63) is 10.1 Å². The number of hydrogen-bond donors (Lipinski definition) is 2. The average Bonchev–Trinajstić information content (AvgIpc) is 2.08. The molecule has 1 heterocycles. The van der Waals surface area contributed by atoms with Crippen LogP contribution in [0.5, 0.6) is 0 Å². The fourth-order valence-corrected chi connectivity index (χ4v) is 1.74. The van der Waals surface area contributed by atoms with E-state index in [2.05, 4.69) is 0 Å². The summed E-state index contributed by atoms with van der Waals surface area (Å²) in [6.07, 6.45) is 0.158. The molecule has 0 radical (unpaired) electrons. The highest BCUT2D eigenvalue weighted by Gasteiger charge is 2.50. The van der Waals surface area contributed by atoms with Gasteiger partial charge in [0.05, 0.1) is 6.54 Å². The number of hydrazine groups is 1. The summed E-state index contributed by atoms with van der Waals surface area (Å²) in [6.45, 7) is 0.263. The number of aliphatic hydroxyl groups is 1. The fourth-order valence-electron chi connectivity index (χ4n) is 1.74. The Hall–Kier alpha value is -0.920. The second kappa shape index (κ2) is 3.68. The van der Waals surface area contributed by atoms with Crippen LogP contribution < -0.4 is 5.73 Å². The normalized spacial score (nSPS) is 33.5. The largest absolute Gasteiger partial charge is 0.388 e. The summed E-state index contributed by atoms with van der Waals surface area (Å²) < 4.78 is 0. The van der Waals surface area contributed by atoms with E-state index >= 15 is 0 Å². The summed E-state index contributed by atoms with van der Waals surface area (Å²) >= 11 is 0. The molecule has 0 amide bonds. The SMILES string of the molecule is CN(C)C1(N)C(O)CCCN1[N+](=O)[O-]. The van der Waals surface area contributed by atoms with Crippen LogP contribution in [0.15, 0.2) is 0 Å². The lowest BCUT2D eigenvalue weighted by molar-refractivity contribution is -0.688. The number of rotatable bonds is 2. The van der Waals surface area contributed by atoms with E-state index in [-0.39, 0.29) is 6.54 Å². The lowest BCUT2D eigenvalue weighted by atomic mass is 10.0. The van der Waals surface area contributed by atoms with Gasteiger partial charge in [-0.25, -0.2) is 10.1 Å². The van der Waals surface area contributed by atoms with Crippen molar-refractivity contribution in [2.24, 2.45) is 5.73 Å².